The summed E-state index contributed by atoms with van der Waals surface area (Å²) in [6.07, 6.45) is 13.2. The van der Waals surface area contributed by atoms with Crippen molar-refractivity contribution in [3.8, 4) is 12.3 Å². The van der Waals surface area contributed by atoms with E-state index in [0.29, 0.717) is 18.4 Å². The molecule has 0 radical (unpaired) electrons. The molecule has 1 atom stereocenters. The van der Waals surface area contributed by atoms with Crippen LogP contribution in [0.25, 0.3) is 0 Å². The smallest absolute Gasteiger partial charge is 0.222 e. The molecule has 1 heterocycles. The molecule has 3 heteroatoms. The van der Waals surface area contributed by atoms with Crippen molar-refractivity contribution in [1.82, 2.24) is 10.2 Å². The Labute approximate surface area is 111 Å². The van der Waals surface area contributed by atoms with E-state index in [-0.39, 0.29) is 0 Å². The molecule has 0 aromatic carbocycles. The standard InChI is InChI=1S/C15H26N2O/c1-3-4-5-6-10-15(18)17-13-8-7-9-14(17)11-12-16-2/h1,14,16H,4-13H2,2H3. The highest BCUT2D eigenvalue weighted by Gasteiger charge is 2.25. The summed E-state index contributed by atoms with van der Waals surface area (Å²) in [6, 6.07) is 0.450. The summed E-state index contributed by atoms with van der Waals surface area (Å²) in [5.74, 6) is 2.95. The lowest BCUT2D eigenvalue weighted by molar-refractivity contribution is -0.135. The van der Waals surface area contributed by atoms with E-state index in [1.807, 2.05) is 7.05 Å². The number of nitrogens with one attached hydrogen (secondary N) is 1. The quantitative estimate of drug-likeness (QED) is 0.555. The highest BCUT2D eigenvalue weighted by molar-refractivity contribution is 5.76. The third kappa shape index (κ3) is 5.10. The number of terminal acetylenes is 1. The van der Waals surface area contributed by atoms with Crippen LogP contribution in [0.15, 0.2) is 0 Å². The first-order valence-corrected chi connectivity index (χ1v) is 7.17. The van der Waals surface area contributed by atoms with Gasteiger partial charge < -0.3 is 10.2 Å². The molecule has 1 amide bonds. The van der Waals surface area contributed by atoms with Crippen LogP contribution >= 0.6 is 0 Å². The van der Waals surface area contributed by atoms with E-state index in [0.717, 1.165) is 51.6 Å². The van der Waals surface area contributed by atoms with Gasteiger partial charge in [0.1, 0.15) is 0 Å². The number of hydrogen-bond donors (Lipinski definition) is 1. The average Bonchev–Trinajstić information content (AvgIpc) is 2.41. The van der Waals surface area contributed by atoms with Gasteiger partial charge in [-0.25, -0.2) is 0 Å². The second-order valence-corrected chi connectivity index (χ2v) is 5.04. The second-order valence-electron chi connectivity index (χ2n) is 5.04. The van der Waals surface area contributed by atoms with Gasteiger partial charge in [0.05, 0.1) is 0 Å². The van der Waals surface area contributed by atoms with Gasteiger partial charge in [0.15, 0.2) is 0 Å². The molecule has 3 nitrogen and oxygen atoms in total. The molecule has 1 N–H and O–H groups in total. The van der Waals surface area contributed by atoms with E-state index in [4.69, 9.17) is 6.42 Å². The van der Waals surface area contributed by atoms with Gasteiger partial charge in [0, 0.05) is 25.4 Å². The summed E-state index contributed by atoms with van der Waals surface area (Å²) in [5.41, 5.74) is 0. The molecule has 0 bridgehead atoms. The van der Waals surface area contributed by atoms with Crippen LogP contribution in [0.1, 0.15) is 51.4 Å². The van der Waals surface area contributed by atoms with Gasteiger partial charge in [-0.1, -0.05) is 0 Å². The first kappa shape index (κ1) is 15.0. The molecule has 1 saturated heterocycles. The molecule has 1 fully saturated rings. The minimum absolute atomic E-state index is 0.327. The number of nitrogens with zero attached hydrogens (tertiary/aromatic N) is 1. The van der Waals surface area contributed by atoms with E-state index in [9.17, 15) is 4.79 Å². The van der Waals surface area contributed by atoms with Crippen LogP contribution in [-0.4, -0.2) is 37.0 Å². The van der Waals surface area contributed by atoms with Crippen LogP contribution in [0.3, 0.4) is 0 Å². The van der Waals surface area contributed by atoms with Crippen molar-refractivity contribution >= 4 is 5.91 Å². The van der Waals surface area contributed by atoms with Crippen molar-refractivity contribution in [1.29, 1.82) is 0 Å². The Morgan fingerprint density at radius 2 is 2.28 bits per heavy atom. The van der Waals surface area contributed by atoms with Crippen LogP contribution in [0.2, 0.25) is 0 Å². The fourth-order valence-electron chi connectivity index (χ4n) is 2.59. The molecule has 1 rings (SSSR count). The lowest BCUT2D eigenvalue weighted by Gasteiger charge is -2.36. The maximum atomic E-state index is 12.2. The third-order valence-electron chi connectivity index (χ3n) is 3.64. The lowest BCUT2D eigenvalue weighted by Crippen LogP contribution is -2.44. The number of carbonyl (C=O) groups is 1. The van der Waals surface area contributed by atoms with E-state index in [1.165, 1.54) is 6.42 Å². The zero-order valence-electron chi connectivity index (χ0n) is 11.6. The first-order chi connectivity index (χ1) is 8.79. The van der Waals surface area contributed by atoms with Crippen molar-refractivity contribution in [3.63, 3.8) is 0 Å². The number of amides is 1. The highest BCUT2D eigenvalue weighted by atomic mass is 16.2. The van der Waals surface area contributed by atoms with E-state index >= 15 is 0 Å². The monoisotopic (exact) mass is 250 g/mol. The summed E-state index contributed by atoms with van der Waals surface area (Å²) in [5, 5.41) is 3.17. The van der Waals surface area contributed by atoms with Crippen LogP contribution in [0.5, 0.6) is 0 Å². The Morgan fingerprint density at radius 1 is 1.44 bits per heavy atom. The first-order valence-electron chi connectivity index (χ1n) is 7.17. The molecule has 18 heavy (non-hydrogen) atoms. The van der Waals surface area contributed by atoms with Gasteiger partial charge in [-0.05, 0) is 52.1 Å². The number of piperidine rings is 1. The molecule has 0 aliphatic carbocycles. The minimum Gasteiger partial charge on any atom is -0.340 e. The largest absolute Gasteiger partial charge is 0.340 e. The van der Waals surface area contributed by atoms with Crippen LogP contribution < -0.4 is 5.32 Å². The van der Waals surface area contributed by atoms with Crippen LogP contribution in [0, 0.1) is 12.3 Å². The van der Waals surface area contributed by atoms with Crippen molar-refractivity contribution < 1.29 is 4.79 Å². The molecule has 0 saturated carbocycles. The van der Waals surface area contributed by atoms with E-state index < -0.39 is 0 Å². The number of hydrogen-bond acceptors (Lipinski definition) is 2. The highest BCUT2D eigenvalue weighted by Crippen LogP contribution is 2.20. The zero-order valence-corrected chi connectivity index (χ0v) is 11.6. The topological polar surface area (TPSA) is 32.3 Å². The van der Waals surface area contributed by atoms with Crippen molar-refractivity contribution in [3.05, 3.63) is 0 Å². The number of unbranched alkanes of at least 4 members (excludes halogenated alkanes) is 2. The minimum atomic E-state index is 0.327. The van der Waals surface area contributed by atoms with Gasteiger partial charge in [0.2, 0.25) is 5.91 Å². The molecular formula is C15H26N2O. The maximum absolute atomic E-state index is 12.2. The molecule has 1 aliphatic heterocycles. The molecule has 102 valence electrons. The van der Waals surface area contributed by atoms with Crippen molar-refractivity contribution in [2.75, 3.05) is 20.1 Å². The molecule has 0 spiro atoms. The van der Waals surface area contributed by atoms with Gasteiger partial charge >= 0.3 is 0 Å². The number of likely N-dealkylation sites (tertiary alicyclic amines) is 1. The van der Waals surface area contributed by atoms with Gasteiger partial charge in [-0.15, -0.1) is 12.3 Å². The fraction of sp³-hybridized carbons (Fsp3) is 0.800. The van der Waals surface area contributed by atoms with Crippen molar-refractivity contribution in [2.45, 2.75) is 57.4 Å². The number of carbonyl (C=O) groups excluding carboxylic acids is 1. The Hall–Kier alpha value is -1.01. The Balaban J connectivity index is 2.34. The summed E-state index contributed by atoms with van der Waals surface area (Å²) in [6.45, 7) is 1.94. The Kier molecular flexibility index (Phi) is 7.52. The van der Waals surface area contributed by atoms with E-state index in [1.54, 1.807) is 0 Å². The summed E-state index contributed by atoms with van der Waals surface area (Å²) >= 11 is 0. The zero-order chi connectivity index (χ0) is 13.2. The van der Waals surface area contributed by atoms with Crippen LogP contribution in [-0.2, 0) is 4.79 Å². The summed E-state index contributed by atoms with van der Waals surface area (Å²) in [7, 11) is 1.97. The lowest BCUT2D eigenvalue weighted by atomic mass is 9.98. The van der Waals surface area contributed by atoms with E-state index in [2.05, 4.69) is 16.1 Å². The fourth-order valence-corrected chi connectivity index (χ4v) is 2.59. The summed E-state index contributed by atoms with van der Waals surface area (Å²) in [4.78, 5) is 14.3. The third-order valence-corrected chi connectivity index (χ3v) is 3.64. The molecule has 0 aromatic heterocycles. The summed E-state index contributed by atoms with van der Waals surface area (Å²) < 4.78 is 0. The predicted octanol–water partition coefficient (Wildman–Crippen LogP) is 2.17. The van der Waals surface area contributed by atoms with Gasteiger partial charge in [-0.3, -0.25) is 4.79 Å². The van der Waals surface area contributed by atoms with Crippen molar-refractivity contribution in [2.24, 2.45) is 0 Å². The van der Waals surface area contributed by atoms with Gasteiger partial charge in [0.25, 0.3) is 0 Å². The molecule has 0 aromatic rings. The molecular weight excluding hydrogens is 224 g/mol. The number of rotatable bonds is 7. The Bertz CT molecular complexity index is 283. The molecule has 1 unspecified atom stereocenters. The SMILES string of the molecule is C#CCCCCC(=O)N1CCCCC1CCNC. The Morgan fingerprint density at radius 3 is 3.00 bits per heavy atom. The average molecular weight is 250 g/mol. The normalized spacial score (nSPS) is 19.6. The van der Waals surface area contributed by atoms with Crippen LogP contribution in [0.4, 0.5) is 0 Å². The predicted molar refractivity (Wildman–Crippen MR) is 75.2 cm³/mol. The maximum Gasteiger partial charge on any atom is 0.222 e. The molecule has 1 aliphatic rings. The second kappa shape index (κ2) is 8.99. The van der Waals surface area contributed by atoms with Gasteiger partial charge in [-0.2, -0.15) is 0 Å².